The molecule has 0 rings (SSSR count). The van der Waals surface area contributed by atoms with Crippen LogP contribution in [-0.4, -0.2) is 57.2 Å². The van der Waals surface area contributed by atoms with Crippen molar-refractivity contribution in [1.82, 2.24) is 4.90 Å². The highest BCUT2D eigenvalue weighted by Crippen LogP contribution is 2.14. The summed E-state index contributed by atoms with van der Waals surface area (Å²) in [5.41, 5.74) is -0.174. The summed E-state index contributed by atoms with van der Waals surface area (Å²) in [5, 5.41) is 9.03. The van der Waals surface area contributed by atoms with E-state index < -0.39 is 9.84 Å². The summed E-state index contributed by atoms with van der Waals surface area (Å²) in [4.78, 5) is 1.93. The fourth-order valence-corrected chi connectivity index (χ4v) is 1.82. The van der Waals surface area contributed by atoms with Crippen LogP contribution in [0.2, 0.25) is 0 Å². The zero-order valence-corrected chi connectivity index (χ0v) is 10.3. The number of aliphatic hydroxyl groups is 1. The molecule has 5 heteroatoms. The zero-order valence-electron chi connectivity index (χ0n) is 9.45. The van der Waals surface area contributed by atoms with E-state index in [1.807, 2.05) is 25.8 Å². The number of sulfone groups is 1. The summed E-state index contributed by atoms with van der Waals surface area (Å²) in [7, 11) is -1.02. The van der Waals surface area contributed by atoms with Crippen LogP contribution >= 0.6 is 0 Å². The van der Waals surface area contributed by atoms with Crippen molar-refractivity contribution in [2.24, 2.45) is 5.41 Å². The van der Waals surface area contributed by atoms with Gasteiger partial charge in [0.1, 0.15) is 9.84 Å². The summed E-state index contributed by atoms with van der Waals surface area (Å²) >= 11 is 0. The largest absolute Gasteiger partial charge is 0.396 e. The Labute approximate surface area is 86.8 Å². The van der Waals surface area contributed by atoms with Crippen molar-refractivity contribution < 1.29 is 13.5 Å². The van der Waals surface area contributed by atoms with Crippen LogP contribution in [0.1, 0.15) is 13.8 Å². The van der Waals surface area contributed by atoms with Gasteiger partial charge in [0.05, 0.1) is 5.75 Å². The van der Waals surface area contributed by atoms with Gasteiger partial charge in [0, 0.05) is 31.4 Å². The topological polar surface area (TPSA) is 57.6 Å². The van der Waals surface area contributed by atoms with E-state index in [1.165, 1.54) is 6.26 Å². The summed E-state index contributed by atoms with van der Waals surface area (Å²) in [6, 6.07) is 0. The molecule has 0 radical (unpaired) electrons. The minimum Gasteiger partial charge on any atom is -0.396 e. The lowest BCUT2D eigenvalue weighted by molar-refractivity contribution is 0.118. The van der Waals surface area contributed by atoms with Crippen molar-refractivity contribution in [3.8, 4) is 0 Å². The second kappa shape index (κ2) is 5.09. The third-order valence-corrected chi connectivity index (χ3v) is 2.89. The van der Waals surface area contributed by atoms with Crippen LogP contribution in [-0.2, 0) is 9.84 Å². The van der Waals surface area contributed by atoms with Gasteiger partial charge in [-0.1, -0.05) is 13.8 Å². The highest BCUT2D eigenvalue weighted by atomic mass is 32.2. The third kappa shape index (κ3) is 7.29. The molecule has 1 N–H and O–H groups in total. The fraction of sp³-hybridized carbons (Fsp3) is 1.00. The van der Waals surface area contributed by atoms with Gasteiger partial charge in [-0.3, -0.25) is 0 Å². The van der Waals surface area contributed by atoms with Crippen molar-refractivity contribution in [2.75, 3.05) is 38.8 Å². The summed E-state index contributed by atoms with van der Waals surface area (Å²) in [6.45, 7) is 5.21. The van der Waals surface area contributed by atoms with Gasteiger partial charge in [-0.25, -0.2) is 8.42 Å². The van der Waals surface area contributed by atoms with Crippen LogP contribution < -0.4 is 0 Å². The Balaban J connectivity index is 3.94. The Morgan fingerprint density at radius 2 is 1.86 bits per heavy atom. The molecule has 0 fully saturated rings. The SMILES string of the molecule is CN(CCS(C)(=O)=O)CC(C)(C)CO. The maximum Gasteiger partial charge on any atom is 0.148 e. The lowest BCUT2D eigenvalue weighted by Crippen LogP contribution is -2.36. The molecular formula is C9H21NO3S. The maximum absolute atomic E-state index is 10.9. The second-order valence-corrected chi connectivity index (χ2v) is 6.95. The molecule has 86 valence electrons. The molecular weight excluding hydrogens is 202 g/mol. The van der Waals surface area contributed by atoms with E-state index in [4.69, 9.17) is 5.11 Å². The van der Waals surface area contributed by atoms with Crippen molar-refractivity contribution in [3.63, 3.8) is 0 Å². The first kappa shape index (κ1) is 13.9. The molecule has 0 aliphatic carbocycles. The molecule has 0 aromatic heterocycles. The molecule has 0 aliphatic heterocycles. The van der Waals surface area contributed by atoms with Crippen molar-refractivity contribution in [3.05, 3.63) is 0 Å². The van der Waals surface area contributed by atoms with Gasteiger partial charge < -0.3 is 10.0 Å². The molecule has 0 atom stereocenters. The smallest absolute Gasteiger partial charge is 0.148 e. The van der Waals surface area contributed by atoms with Crippen LogP contribution in [0.3, 0.4) is 0 Å². The highest BCUT2D eigenvalue weighted by Gasteiger charge is 2.19. The number of nitrogens with zero attached hydrogens (tertiary/aromatic N) is 1. The molecule has 0 aromatic carbocycles. The van der Waals surface area contributed by atoms with Crippen LogP contribution in [0.15, 0.2) is 0 Å². The fourth-order valence-electron chi connectivity index (χ4n) is 1.18. The molecule has 0 unspecified atom stereocenters. The molecule has 4 nitrogen and oxygen atoms in total. The molecule has 0 saturated carbocycles. The molecule has 0 saturated heterocycles. The van der Waals surface area contributed by atoms with E-state index in [0.717, 1.165) is 0 Å². The Bertz CT molecular complexity index is 259. The van der Waals surface area contributed by atoms with Gasteiger partial charge in [-0.05, 0) is 7.05 Å². The highest BCUT2D eigenvalue weighted by molar-refractivity contribution is 7.90. The standard InChI is InChI=1S/C9H21NO3S/c1-9(2,8-11)7-10(3)5-6-14(4,12)13/h11H,5-8H2,1-4H3. The Hall–Kier alpha value is -0.130. The van der Waals surface area contributed by atoms with Crippen LogP contribution in [0.5, 0.6) is 0 Å². The van der Waals surface area contributed by atoms with E-state index in [0.29, 0.717) is 13.1 Å². The average molecular weight is 223 g/mol. The van der Waals surface area contributed by atoms with Gasteiger partial charge in [0.15, 0.2) is 0 Å². The van der Waals surface area contributed by atoms with Gasteiger partial charge in [-0.15, -0.1) is 0 Å². The monoisotopic (exact) mass is 223 g/mol. The molecule has 0 amide bonds. The Morgan fingerprint density at radius 1 is 1.36 bits per heavy atom. The van der Waals surface area contributed by atoms with E-state index in [1.54, 1.807) is 0 Å². The zero-order chi connectivity index (χ0) is 11.4. The van der Waals surface area contributed by atoms with Crippen LogP contribution in [0, 0.1) is 5.41 Å². The van der Waals surface area contributed by atoms with Crippen molar-refractivity contribution in [2.45, 2.75) is 13.8 Å². The minimum atomic E-state index is -2.89. The Morgan fingerprint density at radius 3 is 2.21 bits per heavy atom. The van der Waals surface area contributed by atoms with Gasteiger partial charge >= 0.3 is 0 Å². The third-order valence-electron chi connectivity index (χ3n) is 1.97. The predicted octanol–water partition coefficient (Wildman–Crippen LogP) is -0.0187. The average Bonchev–Trinajstić information content (AvgIpc) is 1.99. The van der Waals surface area contributed by atoms with E-state index in [9.17, 15) is 8.42 Å². The second-order valence-electron chi connectivity index (χ2n) is 4.69. The van der Waals surface area contributed by atoms with E-state index >= 15 is 0 Å². The predicted molar refractivity (Wildman–Crippen MR) is 58.1 cm³/mol. The van der Waals surface area contributed by atoms with Crippen LogP contribution in [0.4, 0.5) is 0 Å². The summed E-state index contributed by atoms with van der Waals surface area (Å²) in [5.74, 6) is 0.172. The Kier molecular flexibility index (Phi) is 5.05. The first-order valence-electron chi connectivity index (χ1n) is 4.63. The first-order chi connectivity index (χ1) is 6.16. The molecule has 14 heavy (non-hydrogen) atoms. The summed E-state index contributed by atoms with van der Waals surface area (Å²) in [6.07, 6.45) is 1.23. The van der Waals surface area contributed by atoms with Gasteiger partial charge in [0.2, 0.25) is 0 Å². The van der Waals surface area contributed by atoms with Crippen molar-refractivity contribution in [1.29, 1.82) is 0 Å². The molecule has 0 aliphatic rings. The van der Waals surface area contributed by atoms with E-state index in [2.05, 4.69) is 0 Å². The van der Waals surface area contributed by atoms with Gasteiger partial charge in [-0.2, -0.15) is 0 Å². The summed E-state index contributed by atoms with van der Waals surface area (Å²) < 4.78 is 21.8. The maximum atomic E-state index is 10.9. The lowest BCUT2D eigenvalue weighted by atomic mass is 9.94. The molecule has 0 aromatic rings. The quantitative estimate of drug-likeness (QED) is 0.687. The normalized spacial score (nSPS) is 13.6. The molecule has 0 bridgehead atoms. The number of rotatable bonds is 6. The van der Waals surface area contributed by atoms with Crippen LogP contribution in [0.25, 0.3) is 0 Å². The lowest BCUT2D eigenvalue weighted by Gasteiger charge is -2.28. The van der Waals surface area contributed by atoms with E-state index in [-0.39, 0.29) is 17.8 Å². The number of hydrogen-bond acceptors (Lipinski definition) is 4. The first-order valence-corrected chi connectivity index (χ1v) is 6.69. The number of aliphatic hydroxyl groups excluding tert-OH is 1. The van der Waals surface area contributed by atoms with Gasteiger partial charge in [0.25, 0.3) is 0 Å². The number of hydrogen-bond donors (Lipinski definition) is 1. The minimum absolute atomic E-state index is 0.107. The van der Waals surface area contributed by atoms with Crippen molar-refractivity contribution >= 4 is 9.84 Å². The molecule has 0 heterocycles. The molecule has 0 spiro atoms.